The zero-order chi connectivity index (χ0) is 24.6. The van der Waals surface area contributed by atoms with Gasteiger partial charge in [0.2, 0.25) is 10.0 Å². The predicted molar refractivity (Wildman–Crippen MR) is 134 cm³/mol. The molecule has 0 saturated carbocycles. The Kier molecular flexibility index (Phi) is 6.28. The zero-order valence-electron chi connectivity index (χ0n) is 20.2. The van der Waals surface area contributed by atoms with Crippen LogP contribution in [0.3, 0.4) is 0 Å². The van der Waals surface area contributed by atoms with E-state index in [1.165, 1.54) is 6.33 Å². The summed E-state index contributed by atoms with van der Waals surface area (Å²) in [6.45, 7) is 3.76. The number of aryl methyl sites for hydroxylation is 2. The van der Waals surface area contributed by atoms with E-state index in [4.69, 9.17) is 4.98 Å². The minimum absolute atomic E-state index is 0.119. The van der Waals surface area contributed by atoms with Gasteiger partial charge in [-0.25, -0.2) is 18.4 Å². The van der Waals surface area contributed by atoms with E-state index in [-0.39, 0.29) is 10.9 Å². The molecule has 4 aromatic rings. The topological polar surface area (TPSA) is 102 Å². The largest absolute Gasteiger partial charge is 0.372 e. The number of likely N-dealkylation sites (N-methyl/N-ethyl adjacent to an activating group) is 1. The van der Waals surface area contributed by atoms with Crippen molar-refractivity contribution in [3.05, 3.63) is 60.8 Å². The number of pyridine rings is 1. The average Bonchev–Trinajstić information content (AvgIpc) is 3.60. The lowest BCUT2D eigenvalue weighted by Crippen LogP contribution is -2.37. The van der Waals surface area contributed by atoms with Crippen molar-refractivity contribution in [2.45, 2.75) is 43.7 Å². The predicted octanol–water partition coefficient (Wildman–Crippen LogP) is 2.40. The molecule has 5 rings (SSSR count). The standard InChI is InChI=1S/C24H30N8O2S/c1-18-14-21(29(2)12-13-31-17-25-16-27-31)20-7-4-8-22(24(20)28-18)35(33,34)32-10-5-6-19(32)15-23-26-9-11-30(23)3/h4,7-9,11,14,16-17,19H,5-6,10,12-13,15H2,1-3H3/t19-/m1/s1. The summed E-state index contributed by atoms with van der Waals surface area (Å²) >= 11 is 0. The molecule has 10 nitrogen and oxygen atoms in total. The number of para-hydroxylation sites is 1. The van der Waals surface area contributed by atoms with Crippen LogP contribution in [0.4, 0.5) is 5.69 Å². The average molecular weight is 495 g/mol. The molecule has 0 radical (unpaired) electrons. The Morgan fingerprint density at radius 3 is 2.86 bits per heavy atom. The first kappa shape index (κ1) is 23.4. The lowest BCUT2D eigenvalue weighted by Gasteiger charge is -2.26. The van der Waals surface area contributed by atoms with Crippen LogP contribution >= 0.6 is 0 Å². The summed E-state index contributed by atoms with van der Waals surface area (Å²) in [5.41, 5.74) is 2.22. The van der Waals surface area contributed by atoms with Gasteiger partial charge in [0.1, 0.15) is 23.4 Å². The molecule has 0 N–H and O–H groups in total. The maximum absolute atomic E-state index is 14.0. The molecule has 1 aliphatic rings. The van der Waals surface area contributed by atoms with Gasteiger partial charge in [0, 0.05) is 68.8 Å². The van der Waals surface area contributed by atoms with Gasteiger partial charge in [-0.05, 0) is 31.9 Å². The second-order valence-electron chi connectivity index (χ2n) is 9.09. The van der Waals surface area contributed by atoms with Gasteiger partial charge >= 0.3 is 0 Å². The number of fused-ring (bicyclic) bond motifs is 1. The van der Waals surface area contributed by atoms with Crippen LogP contribution in [0.5, 0.6) is 0 Å². The van der Waals surface area contributed by atoms with Gasteiger partial charge in [-0.3, -0.25) is 9.67 Å². The Morgan fingerprint density at radius 2 is 2.11 bits per heavy atom. The molecule has 4 heterocycles. The van der Waals surface area contributed by atoms with Gasteiger partial charge in [-0.15, -0.1) is 0 Å². The molecular formula is C24H30N8O2S. The molecule has 0 amide bonds. The van der Waals surface area contributed by atoms with Gasteiger partial charge in [-0.2, -0.15) is 9.40 Å². The molecule has 1 saturated heterocycles. The molecule has 1 fully saturated rings. The van der Waals surface area contributed by atoms with Gasteiger partial charge in [0.05, 0.1) is 12.1 Å². The van der Waals surface area contributed by atoms with E-state index in [1.807, 2.05) is 50.0 Å². The lowest BCUT2D eigenvalue weighted by atomic mass is 10.1. The first-order valence-corrected chi connectivity index (χ1v) is 13.2. The molecule has 0 aliphatic carbocycles. The molecule has 1 atom stereocenters. The van der Waals surface area contributed by atoms with Crippen molar-refractivity contribution >= 4 is 26.6 Å². The fraction of sp³-hybridized carbons (Fsp3) is 0.417. The highest BCUT2D eigenvalue weighted by Crippen LogP contribution is 2.34. The van der Waals surface area contributed by atoms with Crippen LogP contribution in [0.2, 0.25) is 0 Å². The summed E-state index contributed by atoms with van der Waals surface area (Å²) in [6, 6.07) is 7.31. The number of hydrogen-bond acceptors (Lipinski definition) is 7. The normalized spacial score (nSPS) is 16.8. The first-order chi connectivity index (χ1) is 16.8. The minimum atomic E-state index is -3.74. The third-order valence-electron chi connectivity index (χ3n) is 6.70. The first-order valence-electron chi connectivity index (χ1n) is 11.8. The van der Waals surface area contributed by atoms with Gasteiger partial charge < -0.3 is 9.47 Å². The molecule has 1 aromatic carbocycles. The van der Waals surface area contributed by atoms with Crippen molar-refractivity contribution in [2.24, 2.45) is 7.05 Å². The van der Waals surface area contributed by atoms with Gasteiger partial charge in [0.15, 0.2) is 0 Å². The van der Waals surface area contributed by atoms with Crippen molar-refractivity contribution in [3.63, 3.8) is 0 Å². The van der Waals surface area contributed by atoms with Crippen LogP contribution in [-0.4, -0.2) is 68.2 Å². The molecule has 1 aliphatic heterocycles. The van der Waals surface area contributed by atoms with E-state index in [2.05, 4.69) is 20.0 Å². The van der Waals surface area contributed by atoms with Crippen molar-refractivity contribution in [1.29, 1.82) is 0 Å². The number of aromatic nitrogens is 6. The summed E-state index contributed by atoms with van der Waals surface area (Å²) in [5, 5.41) is 4.98. The van der Waals surface area contributed by atoms with Gasteiger partial charge in [-0.1, -0.05) is 12.1 Å². The monoisotopic (exact) mass is 494 g/mol. The molecule has 0 spiro atoms. The summed E-state index contributed by atoms with van der Waals surface area (Å²) in [7, 11) is 0.190. The van der Waals surface area contributed by atoms with Crippen molar-refractivity contribution < 1.29 is 8.42 Å². The summed E-state index contributed by atoms with van der Waals surface area (Å²) in [4.78, 5) is 15.5. The maximum atomic E-state index is 14.0. The van der Waals surface area contributed by atoms with Crippen LogP contribution in [-0.2, 0) is 30.0 Å². The molecular weight excluding hydrogens is 464 g/mol. The highest BCUT2D eigenvalue weighted by atomic mass is 32.2. The highest BCUT2D eigenvalue weighted by molar-refractivity contribution is 7.89. The Morgan fingerprint density at radius 1 is 1.26 bits per heavy atom. The third-order valence-corrected chi connectivity index (χ3v) is 8.68. The molecule has 3 aromatic heterocycles. The molecule has 35 heavy (non-hydrogen) atoms. The van der Waals surface area contributed by atoms with Crippen LogP contribution in [0.15, 0.2) is 54.2 Å². The second kappa shape index (κ2) is 9.38. The van der Waals surface area contributed by atoms with E-state index >= 15 is 0 Å². The fourth-order valence-electron chi connectivity index (χ4n) is 4.83. The Hall–Kier alpha value is -3.31. The smallest absolute Gasteiger partial charge is 0.245 e. The molecule has 11 heteroatoms. The number of benzene rings is 1. The lowest BCUT2D eigenvalue weighted by molar-refractivity contribution is 0.379. The highest BCUT2D eigenvalue weighted by Gasteiger charge is 2.37. The fourth-order valence-corrected chi connectivity index (χ4v) is 6.68. The Bertz CT molecular complexity index is 1430. The molecule has 184 valence electrons. The van der Waals surface area contributed by atoms with Gasteiger partial charge in [0.25, 0.3) is 0 Å². The number of sulfonamides is 1. The summed E-state index contributed by atoms with van der Waals surface area (Å²) in [5.74, 6) is 0.889. The number of hydrogen-bond donors (Lipinski definition) is 0. The quantitative estimate of drug-likeness (QED) is 0.371. The number of nitrogens with zero attached hydrogens (tertiary/aromatic N) is 8. The third kappa shape index (κ3) is 4.53. The van der Waals surface area contributed by atoms with Crippen LogP contribution < -0.4 is 4.90 Å². The van der Waals surface area contributed by atoms with Crippen LogP contribution in [0.1, 0.15) is 24.4 Å². The summed E-state index contributed by atoms with van der Waals surface area (Å²) < 4.78 is 33.3. The van der Waals surface area contributed by atoms with E-state index in [0.29, 0.717) is 31.6 Å². The van der Waals surface area contributed by atoms with Crippen LogP contribution in [0, 0.1) is 6.92 Å². The minimum Gasteiger partial charge on any atom is -0.372 e. The van der Waals surface area contributed by atoms with Crippen molar-refractivity contribution in [1.82, 2.24) is 33.6 Å². The zero-order valence-corrected chi connectivity index (χ0v) is 21.1. The Balaban J connectivity index is 1.49. The number of anilines is 1. The second-order valence-corrected chi connectivity index (χ2v) is 10.9. The SMILES string of the molecule is Cc1cc(N(C)CCn2cncn2)c2cccc(S(=O)(=O)N3CCC[C@@H]3Cc3nccn3C)c2n1. The molecule has 0 bridgehead atoms. The van der Waals surface area contributed by atoms with E-state index < -0.39 is 10.0 Å². The summed E-state index contributed by atoms with van der Waals surface area (Å²) in [6.07, 6.45) is 9.09. The van der Waals surface area contributed by atoms with Crippen LogP contribution in [0.25, 0.3) is 10.9 Å². The Labute approximate surface area is 205 Å². The van der Waals surface area contributed by atoms with E-state index in [0.717, 1.165) is 35.4 Å². The van der Waals surface area contributed by atoms with E-state index in [9.17, 15) is 8.42 Å². The maximum Gasteiger partial charge on any atom is 0.245 e. The van der Waals surface area contributed by atoms with Crippen molar-refractivity contribution in [2.75, 3.05) is 25.0 Å². The van der Waals surface area contributed by atoms with Crippen molar-refractivity contribution in [3.8, 4) is 0 Å². The van der Waals surface area contributed by atoms with E-state index in [1.54, 1.807) is 27.6 Å². The molecule has 0 unspecified atom stereocenters. The number of imidazole rings is 1. The number of rotatable bonds is 8.